The van der Waals surface area contributed by atoms with Crippen molar-refractivity contribution in [2.24, 2.45) is 0 Å². The van der Waals surface area contributed by atoms with Crippen LogP contribution in [0.25, 0.3) is 11.4 Å². The van der Waals surface area contributed by atoms with E-state index < -0.39 is 0 Å². The molecule has 2 aromatic rings. The molecule has 0 aliphatic heterocycles. The fourth-order valence-electron chi connectivity index (χ4n) is 4.73. The smallest absolute Gasteiger partial charge is 0.233 e. The first-order chi connectivity index (χ1) is 14.2. The van der Waals surface area contributed by atoms with Crippen molar-refractivity contribution >= 4 is 17.7 Å². The van der Waals surface area contributed by atoms with Crippen LogP contribution in [-0.4, -0.2) is 48.9 Å². The highest BCUT2D eigenvalue weighted by atomic mass is 32.2. The zero-order valence-corrected chi connectivity index (χ0v) is 17.7. The van der Waals surface area contributed by atoms with E-state index >= 15 is 0 Å². The van der Waals surface area contributed by atoms with Gasteiger partial charge in [-0.15, -0.1) is 5.10 Å². The maximum Gasteiger partial charge on any atom is 0.233 e. The Kier molecular flexibility index (Phi) is 6.74. The summed E-state index contributed by atoms with van der Waals surface area (Å²) in [6.07, 6.45) is 12.1. The minimum Gasteiger partial charge on any atom is -0.507 e. The number of phenolic OH excluding ortho intramolecular Hbond substituents is 1. The summed E-state index contributed by atoms with van der Waals surface area (Å²) in [5.41, 5.74) is 0.615. The van der Waals surface area contributed by atoms with Crippen molar-refractivity contribution in [3.8, 4) is 17.1 Å². The number of aromatic nitrogens is 3. The van der Waals surface area contributed by atoms with Gasteiger partial charge in [0.15, 0.2) is 5.82 Å². The number of carbonyl (C=O) groups is 1. The number of benzene rings is 1. The highest BCUT2D eigenvalue weighted by molar-refractivity contribution is 7.99. The lowest BCUT2D eigenvalue weighted by Gasteiger charge is -2.41. The highest BCUT2D eigenvalue weighted by Gasteiger charge is 2.32. The number of hydrogen-bond donors (Lipinski definition) is 2. The number of carbonyl (C=O) groups excluding carboxylic acids is 1. The zero-order chi connectivity index (χ0) is 20.1. The minimum absolute atomic E-state index is 0.164. The van der Waals surface area contributed by atoms with Crippen LogP contribution in [0.4, 0.5) is 0 Å². The van der Waals surface area contributed by atoms with Gasteiger partial charge in [-0.25, -0.2) is 4.98 Å². The van der Waals surface area contributed by atoms with Gasteiger partial charge in [0.2, 0.25) is 11.1 Å². The predicted octanol–water partition coefficient (Wildman–Crippen LogP) is 4.76. The molecule has 2 fully saturated rings. The largest absolute Gasteiger partial charge is 0.507 e. The first-order valence-electron chi connectivity index (χ1n) is 10.9. The maximum absolute atomic E-state index is 13.2. The van der Waals surface area contributed by atoms with Crippen LogP contribution in [0.3, 0.4) is 0 Å². The molecule has 4 rings (SSSR count). The second-order valence-corrected chi connectivity index (χ2v) is 9.10. The van der Waals surface area contributed by atoms with E-state index in [1.54, 1.807) is 18.2 Å². The second kappa shape index (κ2) is 9.65. The summed E-state index contributed by atoms with van der Waals surface area (Å²) in [7, 11) is 0. The summed E-state index contributed by atoms with van der Waals surface area (Å²) in [5, 5.41) is 17.7. The predicted molar refractivity (Wildman–Crippen MR) is 115 cm³/mol. The highest BCUT2D eigenvalue weighted by Crippen LogP contribution is 2.32. The Morgan fingerprint density at radius 1 is 1.03 bits per heavy atom. The van der Waals surface area contributed by atoms with Crippen molar-refractivity contribution in [2.45, 2.75) is 81.4 Å². The number of para-hydroxylation sites is 1. The van der Waals surface area contributed by atoms with Gasteiger partial charge >= 0.3 is 0 Å². The Hall–Kier alpha value is -2.02. The van der Waals surface area contributed by atoms with Crippen molar-refractivity contribution in [3.05, 3.63) is 24.3 Å². The van der Waals surface area contributed by atoms with Crippen molar-refractivity contribution in [2.75, 3.05) is 5.75 Å². The van der Waals surface area contributed by atoms with Crippen LogP contribution in [0.1, 0.15) is 64.2 Å². The molecule has 2 saturated carbocycles. The number of rotatable bonds is 6. The van der Waals surface area contributed by atoms with Gasteiger partial charge in [-0.05, 0) is 37.8 Å². The first kappa shape index (κ1) is 20.3. The minimum atomic E-state index is 0.164. The molecule has 7 heteroatoms. The van der Waals surface area contributed by atoms with Crippen molar-refractivity contribution < 1.29 is 9.90 Å². The topological polar surface area (TPSA) is 82.1 Å². The quantitative estimate of drug-likeness (QED) is 0.666. The van der Waals surface area contributed by atoms with E-state index in [1.165, 1.54) is 50.3 Å². The molecule has 6 nitrogen and oxygen atoms in total. The van der Waals surface area contributed by atoms with Crippen LogP contribution in [-0.2, 0) is 4.79 Å². The molecule has 0 atom stereocenters. The average molecular weight is 415 g/mol. The van der Waals surface area contributed by atoms with E-state index in [2.05, 4.69) is 20.1 Å². The molecule has 1 heterocycles. The molecule has 2 aliphatic carbocycles. The molecule has 0 bridgehead atoms. The molecular formula is C22H30N4O2S. The lowest BCUT2D eigenvalue weighted by Crippen LogP contribution is -2.49. The van der Waals surface area contributed by atoms with E-state index in [0.717, 1.165) is 25.7 Å². The standard InChI is InChI=1S/C22H30N4O2S/c27-19-14-8-7-13-18(19)21-23-22(25-24-21)29-15-20(28)26(16-9-3-1-4-10-16)17-11-5-2-6-12-17/h7-8,13-14,16-17,27H,1-6,9-12,15H2,(H,23,24,25). The van der Waals surface area contributed by atoms with Gasteiger partial charge < -0.3 is 10.0 Å². The van der Waals surface area contributed by atoms with Gasteiger partial charge in [0.1, 0.15) is 5.75 Å². The molecule has 0 radical (unpaired) electrons. The first-order valence-corrected chi connectivity index (χ1v) is 11.9. The number of H-pyrrole nitrogens is 1. The summed E-state index contributed by atoms with van der Waals surface area (Å²) in [4.78, 5) is 19.9. The molecule has 2 N–H and O–H groups in total. The Bertz CT molecular complexity index is 795. The summed E-state index contributed by atoms with van der Waals surface area (Å²) >= 11 is 1.38. The molecule has 1 aromatic heterocycles. The molecule has 29 heavy (non-hydrogen) atoms. The summed E-state index contributed by atoms with van der Waals surface area (Å²) in [6.45, 7) is 0. The monoisotopic (exact) mass is 414 g/mol. The van der Waals surface area contributed by atoms with E-state index in [9.17, 15) is 9.90 Å². The van der Waals surface area contributed by atoms with Gasteiger partial charge in [-0.3, -0.25) is 9.89 Å². The van der Waals surface area contributed by atoms with Crippen LogP contribution in [0.2, 0.25) is 0 Å². The fourth-order valence-corrected chi connectivity index (χ4v) is 5.40. The van der Waals surface area contributed by atoms with Gasteiger partial charge in [-0.1, -0.05) is 62.4 Å². The summed E-state index contributed by atoms with van der Waals surface area (Å²) in [6, 6.07) is 7.85. The number of hydrogen-bond acceptors (Lipinski definition) is 5. The third-order valence-electron chi connectivity index (χ3n) is 6.17. The van der Waals surface area contributed by atoms with Crippen LogP contribution in [0, 0.1) is 0 Å². The normalized spacial score (nSPS) is 18.6. The number of aromatic hydroxyl groups is 1. The Labute approximate surface area is 176 Å². The maximum atomic E-state index is 13.2. The molecule has 0 spiro atoms. The van der Waals surface area contributed by atoms with Crippen molar-refractivity contribution in [3.63, 3.8) is 0 Å². The van der Waals surface area contributed by atoms with E-state index in [0.29, 0.717) is 34.4 Å². The lowest BCUT2D eigenvalue weighted by atomic mass is 9.88. The third-order valence-corrected chi connectivity index (χ3v) is 7.01. The third kappa shape index (κ3) is 4.94. The molecule has 156 valence electrons. The van der Waals surface area contributed by atoms with Gasteiger partial charge in [-0.2, -0.15) is 0 Å². The lowest BCUT2D eigenvalue weighted by molar-refractivity contribution is -0.135. The van der Waals surface area contributed by atoms with Crippen LogP contribution in [0.5, 0.6) is 5.75 Å². The Balaban J connectivity index is 1.42. The molecule has 1 aromatic carbocycles. The zero-order valence-electron chi connectivity index (χ0n) is 16.8. The van der Waals surface area contributed by atoms with E-state index in [1.807, 2.05) is 6.07 Å². The number of thioether (sulfide) groups is 1. The van der Waals surface area contributed by atoms with Crippen molar-refractivity contribution in [1.82, 2.24) is 20.1 Å². The van der Waals surface area contributed by atoms with E-state index in [4.69, 9.17) is 0 Å². The summed E-state index contributed by atoms with van der Waals surface area (Å²) in [5.74, 6) is 1.28. The SMILES string of the molecule is O=C(CSc1n[nH]c(-c2ccccc2O)n1)N(C1CCCCC1)C1CCCCC1. The molecule has 0 saturated heterocycles. The summed E-state index contributed by atoms with van der Waals surface area (Å²) < 4.78 is 0. The number of aromatic amines is 1. The van der Waals surface area contributed by atoms with Crippen LogP contribution < -0.4 is 0 Å². The average Bonchev–Trinajstić information content (AvgIpc) is 3.23. The molecule has 1 amide bonds. The number of nitrogens with zero attached hydrogens (tertiary/aromatic N) is 3. The van der Waals surface area contributed by atoms with Crippen LogP contribution in [0.15, 0.2) is 29.4 Å². The Morgan fingerprint density at radius 3 is 2.28 bits per heavy atom. The molecule has 0 unspecified atom stereocenters. The number of phenols is 1. The van der Waals surface area contributed by atoms with Gasteiger partial charge in [0, 0.05) is 12.1 Å². The Morgan fingerprint density at radius 2 is 1.66 bits per heavy atom. The van der Waals surface area contributed by atoms with E-state index in [-0.39, 0.29) is 11.7 Å². The number of nitrogens with one attached hydrogen (secondary N) is 1. The van der Waals surface area contributed by atoms with Gasteiger partial charge in [0.05, 0.1) is 11.3 Å². The van der Waals surface area contributed by atoms with Gasteiger partial charge in [0.25, 0.3) is 0 Å². The second-order valence-electron chi connectivity index (χ2n) is 8.16. The molecular weight excluding hydrogens is 384 g/mol. The number of amides is 1. The van der Waals surface area contributed by atoms with Crippen LogP contribution >= 0.6 is 11.8 Å². The fraction of sp³-hybridized carbons (Fsp3) is 0.591. The molecule has 2 aliphatic rings. The van der Waals surface area contributed by atoms with Crippen molar-refractivity contribution in [1.29, 1.82) is 0 Å².